The minimum atomic E-state index is -0.894. The summed E-state index contributed by atoms with van der Waals surface area (Å²) in [6.45, 7) is 7.41. The number of hydrogen-bond acceptors (Lipinski definition) is 3. The molecule has 2 N–H and O–H groups in total. The molecule has 0 aromatic carbocycles. The van der Waals surface area contributed by atoms with Gasteiger partial charge in [-0.2, -0.15) is 0 Å². The summed E-state index contributed by atoms with van der Waals surface area (Å²) in [4.78, 5) is 22.8. The Labute approximate surface area is 114 Å². The molecule has 0 bridgehead atoms. The molecular formula is C14H25NO4. The first kappa shape index (κ1) is 15.8. The predicted octanol–water partition coefficient (Wildman–Crippen LogP) is 2.93. The summed E-state index contributed by atoms with van der Waals surface area (Å²) in [6.07, 6.45) is 3.47. The SMILES string of the molecule is CC(C)(C)OC(=O)NC(CC(=O)O)C1(C)CCCC1. The van der Waals surface area contributed by atoms with Gasteiger partial charge in [0.2, 0.25) is 0 Å². The van der Waals surface area contributed by atoms with Crippen LogP contribution in [0.5, 0.6) is 0 Å². The maximum atomic E-state index is 11.8. The van der Waals surface area contributed by atoms with Gasteiger partial charge >= 0.3 is 12.1 Å². The number of rotatable bonds is 4. The number of carboxylic acid groups (broad SMARTS) is 1. The Morgan fingerprint density at radius 2 is 1.84 bits per heavy atom. The molecule has 0 spiro atoms. The van der Waals surface area contributed by atoms with Crippen LogP contribution in [0.2, 0.25) is 0 Å². The number of carbonyl (C=O) groups is 2. The molecule has 0 aliphatic heterocycles. The molecule has 19 heavy (non-hydrogen) atoms. The highest BCUT2D eigenvalue weighted by Gasteiger charge is 2.39. The van der Waals surface area contributed by atoms with Crippen molar-refractivity contribution in [2.24, 2.45) is 5.41 Å². The van der Waals surface area contributed by atoms with Crippen LogP contribution in [0.25, 0.3) is 0 Å². The van der Waals surface area contributed by atoms with Gasteiger partial charge in [-0.05, 0) is 39.0 Å². The lowest BCUT2D eigenvalue weighted by Gasteiger charge is -2.34. The topological polar surface area (TPSA) is 75.6 Å². The van der Waals surface area contributed by atoms with Gasteiger partial charge in [-0.15, -0.1) is 0 Å². The van der Waals surface area contributed by atoms with Crippen molar-refractivity contribution < 1.29 is 19.4 Å². The lowest BCUT2D eigenvalue weighted by molar-refractivity contribution is -0.138. The third kappa shape index (κ3) is 5.09. The molecule has 0 aromatic heterocycles. The van der Waals surface area contributed by atoms with Crippen LogP contribution in [-0.4, -0.2) is 28.8 Å². The smallest absolute Gasteiger partial charge is 0.407 e. The summed E-state index contributed by atoms with van der Waals surface area (Å²) < 4.78 is 5.21. The van der Waals surface area contributed by atoms with Crippen molar-refractivity contribution in [1.29, 1.82) is 0 Å². The third-order valence-corrected chi connectivity index (χ3v) is 3.66. The van der Waals surface area contributed by atoms with E-state index in [-0.39, 0.29) is 17.9 Å². The maximum Gasteiger partial charge on any atom is 0.407 e. The molecule has 0 aromatic rings. The minimum absolute atomic E-state index is 0.0598. The molecule has 5 heteroatoms. The normalized spacial score (nSPS) is 19.8. The lowest BCUT2D eigenvalue weighted by Crippen LogP contribution is -2.48. The van der Waals surface area contributed by atoms with Crippen LogP contribution < -0.4 is 5.32 Å². The Morgan fingerprint density at radius 1 is 1.32 bits per heavy atom. The van der Waals surface area contributed by atoms with E-state index in [1.165, 1.54) is 0 Å². The summed E-state index contributed by atoms with van der Waals surface area (Å²) >= 11 is 0. The van der Waals surface area contributed by atoms with E-state index in [1.54, 1.807) is 20.8 Å². The number of nitrogens with one attached hydrogen (secondary N) is 1. The molecule has 5 nitrogen and oxygen atoms in total. The van der Waals surface area contributed by atoms with Crippen molar-refractivity contribution in [3.8, 4) is 0 Å². The van der Waals surface area contributed by atoms with E-state index in [1.807, 2.05) is 6.92 Å². The molecule has 1 fully saturated rings. The molecule has 1 atom stereocenters. The second-order valence-electron chi connectivity index (χ2n) is 6.66. The third-order valence-electron chi connectivity index (χ3n) is 3.66. The van der Waals surface area contributed by atoms with Gasteiger partial charge in [0, 0.05) is 6.04 Å². The number of alkyl carbamates (subject to hydrolysis) is 1. The van der Waals surface area contributed by atoms with E-state index in [0.29, 0.717) is 0 Å². The molecule has 1 saturated carbocycles. The highest BCUT2D eigenvalue weighted by molar-refractivity contribution is 5.71. The number of amides is 1. The lowest BCUT2D eigenvalue weighted by atomic mass is 9.79. The fourth-order valence-corrected chi connectivity index (χ4v) is 2.63. The largest absolute Gasteiger partial charge is 0.481 e. The van der Waals surface area contributed by atoms with Crippen LogP contribution in [0.4, 0.5) is 4.79 Å². The van der Waals surface area contributed by atoms with Crippen LogP contribution >= 0.6 is 0 Å². The summed E-state index contributed by atoms with van der Waals surface area (Å²) in [5.41, 5.74) is -0.719. The summed E-state index contributed by atoms with van der Waals surface area (Å²) in [5, 5.41) is 11.8. The van der Waals surface area contributed by atoms with Crippen molar-refractivity contribution in [2.75, 3.05) is 0 Å². The number of carboxylic acids is 1. The van der Waals surface area contributed by atoms with Gasteiger partial charge in [0.05, 0.1) is 6.42 Å². The van der Waals surface area contributed by atoms with Crippen LogP contribution in [0.15, 0.2) is 0 Å². The Kier molecular flexibility index (Phi) is 4.82. The van der Waals surface area contributed by atoms with Crippen molar-refractivity contribution >= 4 is 12.1 Å². The van der Waals surface area contributed by atoms with Crippen molar-refractivity contribution in [3.63, 3.8) is 0 Å². The molecule has 110 valence electrons. The molecule has 1 rings (SSSR count). The Morgan fingerprint density at radius 3 is 2.26 bits per heavy atom. The molecule has 1 unspecified atom stereocenters. The first-order valence-electron chi connectivity index (χ1n) is 6.84. The van der Waals surface area contributed by atoms with Crippen LogP contribution in [0.3, 0.4) is 0 Å². The average Bonchev–Trinajstić information content (AvgIpc) is 2.61. The van der Waals surface area contributed by atoms with Gasteiger partial charge in [-0.1, -0.05) is 19.8 Å². The van der Waals surface area contributed by atoms with Crippen LogP contribution in [0, 0.1) is 5.41 Å². The van der Waals surface area contributed by atoms with E-state index in [0.717, 1.165) is 25.7 Å². The predicted molar refractivity (Wildman–Crippen MR) is 72.0 cm³/mol. The van der Waals surface area contributed by atoms with E-state index in [9.17, 15) is 9.59 Å². The molecule has 1 aliphatic rings. The van der Waals surface area contributed by atoms with Crippen molar-refractivity contribution in [1.82, 2.24) is 5.32 Å². The van der Waals surface area contributed by atoms with Gasteiger partial charge in [0.15, 0.2) is 0 Å². The van der Waals surface area contributed by atoms with Gasteiger partial charge in [0.25, 0.3) is 0 Å². The molecule has 0 saturated heterocycles. The average molecular weight is 271 g/mol. The number of aliphatic carboxylic acids is 1. The number of ether oxygens (including phenoxy) is 1. The molecule has 1 amide bonds. The first-order valence-corrected chi connectivity index (χ1v) is 6.84. The molecular weight excluding hydrogens is 246 g/mol. The summed E-state index contributed by atoms with van der Waals surface area (Å²) in [7, 11) is 0. The van der Waals surface area contributed by atoms with E-state index in [4.69, 9.17) is 9.84 Å². The Hall–Kier alpha value is -1.26. The zero-order chi connectivity index (χ0) is 14.7. The van der Waals surface area contributed by atoms with Crippen molar-refractivity contribution in [2.45, 2.75) is 71.4 Å². The van der Waals surface area contributed by atoms with Gasteiger partial charge < -0.3 is 15.2 Å². The Balaban J connectivity index is 2.69. The second-order valence-corrected chi connectivity index (χ2v) is 6.66. The monoisotopic (exact) mass is 271 g/mol. The van der Waals surface area contributed by atoms with E-state index < -0.39 is 17.7 Å². The molecule has 0 radical (unpaired) electrons. The zero-order valence-corrected chi connectivity index (χ0v) is 12.3. The summed E-state index contributed by atoms with van der Waals surface area (Å²) in [5.74, 6) is -0.894. The van der Waals surface area contributed by atoms with E-state index >= 15 is 0 Å². The number of carbonyl (C=O) groups excluding carboxylic acids is 1. The Bertz CT molecular complexity index is 340. The van der Waals surface area contributed by atoms with Crippen molar-refractivity contribution in [3.05, 3.63) is 0 Å². The number of hydrogen-bond donors (Lipinski definition) is 2. The standard InChI is InChI=1S/C14H25NO4/c1-13(2,3)19-12(18)15-10(9-11(16)17)14(4)7-5-6-8-14/h10H,5-9H2,1-4H3,(H,15,18)(H,16,17). The first-order chi connectivity index (χ1) is 8.62. The van der Waals surface area contributed by atoms with Crippen LogP contribution in [0.1, 0.15) is 59.8 Å². The van der Waals surface area contributed by atoms with Gasteiger partial charge in [-0.3, -0.25) is 4.79 Å². The van der Waals surface area contributed by atoms with Gasteiger partial charge in [-0.25, -0.2) is 4.79 Å². The fourth-order valence-electron chi connectivity index (χ4n) is 2.63. The highest BCUT2D eigenvalue weighted by atomic mass is 16.6. The molecule has 1 aliphatic carbocycles. The van der Waals surface area contributed by atoms with Gasteiger partial charge in [0.1, 0.15) is 5.60 Å². The summed E-state index contributed by atoms with van der Waals surface area (Å²) in [6, 6.07) is -0.373. The van der Waals surface area contributed by atoms with Crippen LogP contribution in [-0.2, 0) is 9.53 Å². The zero-order valence-electron chi connectivity index (χ0n) is 12.3. The van der Waals surface area contributed by atoms with E-state index in [2.05, 4.69) is 5.32 Å². The molecule has 0 heterocycles. The fraction of sp³-hybridized carbons (Fsp3) is 0.857. The second kappa shape index (κ2) is 5.80. The maximum absolute atomic E-state index is 11.8. The highest BCUT2D eigenvalue weighted by Crippen LogP contribution is 2.41. The minimum Gasteiger partial charge on any atom is -0.481 e. The quantitative estimate of drug-likeness (QED) is 0.824.